The Balaban J connectivity index is 1.48. The van der Waals surface area contributed by atoms with Gasteiger partial charge in [0.2, 0.25) is 5.91 Å². The van der Waals surface area contributed by atoms with Crippen LogP contribution >= 0.6 is 0 Å². The Morgan fingerprint density at radius 1 is 1.43 bits per heavy atom. The van der Waals surface area contributed by atoms with Gasteiger partial charge in [0.1, 0.15) is 5.82 Å². The second kappa shape index (κ2) is 5.85. The first-order valence-corrected chi connectivity index (χ1v) is 7.57. The van der Waals surface area contributed by atoms with Crippen molar-refractivity contribution >= 4 is 16.9 Å². The van der Waals surface area contributed by atoms with Gasteiger partial charge in [0.15, 0.2) is 0 Å². The number of nitrogens with one attached hydrogen (secondary N) is 1. The summed E-state index contributed by atoms with van der Waals surface area (Å²) < 4.78 is 0. The van der Waals surface area contributed by atoms with E-state index in [4.69, 9.17) is 5.73 Å². The summed E-state index contributed by atoms with van der Waals surface area (Å²) >= 11 is 0. The van der Waals surface area contributed by atoms with Gasteiger partial charge in [-0.05, 0) is 31.4 Å². The van der Waals surface area contributed by atoms with Gasteiger partial charge in [0.05, 0.1) is 11.0 Å². The maximum atomic E-state index is 12.1. The summed E-state index contributed by atoms with van der Waals surface area (Å²) in [6, 6.07) is 8.25. The molecule has 0 saturated heterocycles. The third-order valence-corrected chi connectivity index (χ3v) is 4.25. The minimum Gasteiger partial charge on any atom is -0.346 e. The van der Waals surface area contributed by atoms with Crippen molar-refractivity contribution in [3.05, 3.63) is 30.1 Å². The van der Waals surface area contributed by atoms with Gasteiger partial charge in [-0.3, -0.25) is 4.79 Å². The van der Waals surface area contributed by atoms with E-state index in [-0.39, 0.29) is 17.9 Å². The number of fused-ring (bicyclic) bond motifs is 1. The molecule has 1 aromatic carbocycles. The molecule has 0 bridgehead atoms. The van der Waals surface area contributed by atoms with Crippen molar-refractivity contribution in [2.75, 3.05) is 13.6 Å². The van der Waals surface area contributed by atoms with Crippen LogP contribution in [0.15, 0.2) is 24.3 Å². The molecule has 1 saturated carbocycles. The highest BCUT2D eigenvalue weighted by molar-refractivity contribution is 5.79. The maximum absolute atomic E-state index is 12.1. The molecule has 21 heavy (non-hydrogen) atoms. The number of carbonyl (C=O) groups is 1. The molecule has 2 aromatic rings. The van der Waals surface area contributed by atoms with Gasteiger partial charge in [-0.25, -0.2) is 4.98 Å². The molecule has 1 amide bonds. The lowest BCUT2D eigenvalue weighted by Gasteiger charge is -2.34. The zero-order valence-corrected chi connectivity index (χ0v) is 12.4. The van der Waals surface area contributed by atoms with Crippen LogP contribution in [-0.2, 0) is 11.2 Å². The van der Waals surface area contributed by atoms with Crippen molar-refractivity contribution in [1.29, 1.82) is 0 Å². The van der Waals surface area contributed by atoms with Crippen LogP contribution in [0.3, 0.4) is 0 Å². The molecule has 1 aromatic heterocycles. The lowest BCUT2D eigenvalue weighted by molar-refractivity contribution is -0.137. The molecule has 5 heteroatoms. The van der Waals surface area contributed by atoms with Gasteiger partial charge >= 0.3 is 0 Å². The van der Waals surface area contributed by atoms with Crippen LogP contribution in [0.5, 0.6) is 0 Å². The maximum Gasteiger partial charge on any atom is 0.225 e. The van der Waals surface area contributed by atoms with Gasteiger partial charge in [-0.1, -0.05) is 12.1 Å². The average molecular weight is 286 g/mol. The Morgan fingerprint density at radius 2 is 2.19 bits per heavy atom. The Morgan fingerprint density at radius 3 is 2.90 bits per heavy atom. The van der Waals surface area contributed by atoms with Gasteiger partial charge in [-0.15, -0.1) is 0 Å². The number of aryl methyl sites for hydroxylation is 1. The number of para-hydroxylation sites is 2. The molecule has 3 rings (SSSR count). The topological polar surface area (TPSA) is 75.0 Å². The van der Waals surface area contributed by atoms with E-state index >= 15 is 0 Å². The van der Waals surface area contributed by atoms with Gasteiger partial charge < -0.3 is 15.6 Å². The van der Waals surface area contributed by atoms with E-state index in [1.807, 2.05) is 36.2 Å². The number of hydrogen-bond acceptors (Lipinski definition) is 3. The monoisotopic (exact) mass is 286 g/mol. The van der Waals surface area contributed by atoms with Crippen LogP contribution in [0.4, 0.5) is 0 Å². The fraction of sp³-hybridized carbons (Fsp3) is 0.500. The molecule has 3 N–H and O–H groups in total. The highest BCUT2D eigenvalue weighted by Gasteiger charge is 2.33. The molecule has 1 fully saturated rings. The lowest BCUT2D eigenvalue weighted by Crippen LogP contribution is -2.45. The Kier molecular flexibility index (Phi) is 3.92. The van der Waals surface area contributed by atoms with Gasteiger partial charge in [0.25, 0.3) is 0 Å². The number of nitrogens with two attached hydrogens (primary N) is 1. The summed E-state index contributed by atoms with van der Waals surface area (Å²) in [7, 11) is 1.88. The fourth-order valence-corrected chi connectivity index (χ4v) is 2.89. The Labute approximate surface area is 124 Å². The van der Waals surface area contributed by atoms with Crippen LogP contribution in [0.2, 0.25) is 0 Å². The van der Waals surface area contributed by atoms with E-state index in [1.165, 1.54) is 0 Å². The van der Waals surface area contributed by atoms with E-state index in [2.05, 4.69) is 9.97 Å². The third kappa shape index (κ3) is 3.08. The SMILES string of the molecule is CN(CCCc1nc2ccccc2[nH]1)C(=O)C1CC(N)C1. The zero-order valence-electron chi connectivity index (χ0n) is 12.4. The number of imidazole rings is 1. The number of hydrogen-bond donors (Lipinski definition) is 2. The number of carbonyl (C=O) groups excluding carboxylic acids is 1. The molecule has 1 aliphatic carbocycles. The van der Waals surface area contributed by atoms with Gasteiger partial charge in [-0.2, -0.15) is 0 Å². The molecule has 112 valence electrons. The van der Waals surface area contributed by atoms with Gasteiger partial charge in [0, 0.05) is 32.0 Å². The molecule has 0 radical (unpaired) electrons. The minimum absolute atomic E-state index is 0.149. The second-order valence-electron chi connectivity index (χ2n) is 5.99. The molecular formula is C16H22N4O. The smallest absolute Gasteiger partial charge is 0.225 e. The predicted molar refractivity (Wildman–Crippen MR) is 82.8 cm³/mol. The van der Waals surface area contributed by atoms with Crippen molar-refractivity contribution in [3.63, 3.8) is 0 Å². The standard InChI is InChI=1S/C16H22N4O/c1-20(16(21)11-9-12(17)10-11)8-4-7-15-18-13-5-2-3-6-14(13)19-15/h2-3,5-6,11-12H,4,7-10,17H2,1H3,(H,18,19). The van der Waals surface area contributed by atoms with Crippen LogP contribution in [0.25, 0.3) is 11.0 Å². The number of benzene rings is 1. The van der Waals surface area contributed by atoms with E-state index in [9.17, 15) is 4.79 Å². The summed E-state index contributed by atoms with van der Waals surface area (Å²) in [4.78, 5) is 21.8. The van der Waals surface area contributed by atoms with E-state index < -0.39 is 0 Å². The minimum atomic E-state index is 0.149. The molecule has 0 spiro atoms. The lowest BCUT2D eigenvalue weighted by atomic mass is 9.80. The van der Waals surface area contributed by atoms with E-state index in [0.717, 1.165) is 49.1 Å². The van der Waals surface area contributed by atoms with Crippen LogP contribution in [0, 0.1) is 5.92 Å². The number of H-pyrrole nitrogens is 1. The number of nitrogens with zero attached hydrogens (tertiary/aromatic N) is 2. The molecule has 0 atom stereocenters. The summed E-state index contributed by atoms with van der Waals surface area (Å²) in [5, 5.41) is 0. The zero-order chi connectivity index (χ0) is 14.8. The molecule has 0 aliphatic heterocycles. The number of amides is 1. The quantitative estimate of drug-likeness (QED) is 0.878. The third-order valence-electron chi connectivity index (χ3n) is 4.25. The van der Waals surface area contributed by atoms with Crippen LogP contribution in [-0.4, -0.2) is 40.4 Å². The first kappa shape index (κ1) is 14.1. The predicted octanol–water partition coefficient (Wildman–Crippen LogP) is 1.69. The summed E-state index contributed by atoms with van der Waals surface area (Å²) in [5.41, 5.74) is 7.81. The number of aromatic amines is 1. The van der Waals surface area contributed by atoms with Crippen molar-refractivity contribution < 1.29 is 4.79 Å². The average Bonchev–Trinajstić information content (AvgIpc) is 2.85. The molecule has 1 aliphatic rings. The normalized spacial score (nSPS) is 21.2. The highest BCUT2D eigenvalue weighted by atomic mass is 16.2. The summed E-state index contributed by atoms with van der Waals surface area (Å²) in [6.07, 6.45) is 3.46. The number of aromatic nitrogens is 2. The van der Waals surface area contributed by atoms with E-state index in [0.29, 0.717) is 0 Å². The Bertz CT molecular complexity index is 597. The van der Waals surface area contributed by atoms with E-state index in [1.54, 1.807) is 0 Å². The van der Waals surface area contributed by atoms with Crippen molar-refractivity contribution in [2.24, 2.45) is 11.7 Å². The largest absolute Gasteiger partial charge is 0.346 e. The molecule has 5 nitrogen and oxygen atoms in total. The molecule has 0 unspecified atom stereocenters. The first-order valence-electron chi connectivity index (χ1n) is 7.57. The Hall–Kier alpha value is -1.88. The summed E-state index contributed by atoms with van der Waals surface area (Å²) in [5.74, 6) is 1.38. The van der Waals surface area contributed by atoms with Crippen molar-refractivity contribution in [3.8, 4) is 0 Å². The van der Waals surface area contributed by atoms with Crippen molar-refractivity contribution in [2.45, 2.75) is 31.7 Å². The molecular weight excluding hydrogens is 264 g/mol. The molecule has 1 heterocycles. The van der Waals surface area contributed by atoms with Crippen molar-refractivity contribution in [1.82, 2.24) is 14.9 Å². The first-order chi connectivity index (χ1) is 10.1. The fourth-order valence-electron chi connectivity index (χ4n) is 2.89. The highest BCUT2D eigenvalue weighted by Crippen LogP contribution is 2.27. The van der Waals surface area contributed by atoms with Crippen LogP contribution in [0.1, 0.15) is 25.1 Å². The second-order valence-corrected chi connectivity index (χ2v) is 5.99. The number of rotatable bonds is 5. The van der Waals surface area contributed by atoms with Crippen LogP contribution < -0.4 is 5.73 Å². The summed E-state index contributed by atoms with van der Waals surface area (Å²) in [6.45, 7) is 0.765.